The van der Waals surface area contributed by atoms with Crippen LogP contribution in [0.25, 0.3) is 0 Å². The fourth-order valence-corrected chi connectivity index (χ4v) is 3.96. The second-order valence-corrected chi connectivity index (χ2v) is 9.52. The number of para-hydroxylation sites is 2. The number of pyridine rings is 1. The number of hydrogen-bond acceptors (Lipinski definition) is 6. The van der Waals surface area contributed by atoms with Crippen molar-refractivity contribution in [3.05, 3.63) is 72.6 Å². The minimum Gasteiger partial charge on any atom is -0.354 e. The number of carbonyl (C=O) groups is 1. The van der Waals surface area contributed by atoms with Crippen molar-refractivity contribution in [1.29, 1.82) is 0 Å². The minimum atomic E-state index is -4.00. The normalized spacial score (nSPS) is 11.5. The highest BCUT2D eigenvalue weighted by Gasteiger charge is 2.17. The molecule has 1 atom stereocenters. The van der Waals surface area contributed by atoms with Gasteiger partial charge in [0.05, 0.1) is 35.6 Å². The number of anilines is 3. The first-order valence-electron chi connectivity index (χ1n) is 11.1. The van der Waals surface area contributed by atoms with Crippen molar-refractivity contribution in [3.63, 3.8) is 0 Å². The molecule has 2 aromatic carbocycles. The van der Waals surface area contributed by atoms with Crippen LogP contribution in [-0.4, -0.2) is 55.5 Å². The molecular weight excluding hydrogens is 503 g/mol. The van der Waals surface area contributed by atoms with E-state index in [1.807, 2.05) is 66.5 Å². The van der Waals surface area contributed by atoms with Gasteiger partial charge in [-0.05, 0) is 42.6 Å². The van der Waals surface area contributed by atoms with Crippen LogP contribution in [0.2, 0.25) is 0 Å². The van der Waals surface area contributed by atoms with Gasteiger partial charge in [-0.2, -0.15) is 13.2 Å². The Hall–Kier alpha value is -3.73. The predicted octanol–water partition coefficient (Wildman–Crippen LogP) is 5.41. The van der Waals surface area contributed by atoms with Gasteiger partial charge in [0.25, 0.3) is 0 Å². The molecule has 0 fully saturated rings. The summed E-state index contributed by atoms with van der Waals surface area (Å²) in [5, 5.41) is 0. The van der Waals surface area contributed by atoms with E-state index >= 15 is 0 Å². The van der Waals surface area contributed by atoms with Gasteiger partial charge in [-0.3, -0.25) is 19.0 Å². The van der Waals surface area contributed by atoms with Gasteiger partial charge in [-0.25, -0.2) is 0 Å². The summed E-state index contributed by atoms with van der Waals surface area (Å²) in [5.74, 6) is 0. The van der Waals surface area contributed by atoms with Gasteiger partial charge in [-0.1, -0.05) is 24.3 Å². The van der Waals surface area contributed by atoms with Gasteiger partial charge < -0.3 is 14.7 Å². The molecule has 3 rings (SSSR count). The van der Waals surface area contributed by atoms with Gasteiger partial charge in [-0.15, -0.1) is 0 Å². The van der Waals surface area contributed by atoms with Crippen LogP contribution >= 0.6 is 0 Å². The summed E-state index contributed by atoms with van der Waals surface area (Å²) in [6.07, 6.45) is 1.86. The van der Waals surface area contributed by atoms with Crippen LogP contribution in [0.1, 0.15) is 12.5 Å². The molecule has 1 amide bonds. The lowest BCUT2D eigenvalue weighted by Gasteiger charge is -2.33. The molecule has 0 saturated heterocycles. The van der Waals surface area contributed by atoms with E-state index in [1.165, 1.54) is 4.90 Å². The number of carbonyl (C=O) groups excluding carboxylic acids is 1. The zero-order valence-electron chi connectivity index (χ0n) is 21.1. The maximum atomic E-state index is 11.7. The largest absolute Gasteiger partial charge is 0.386 e. The first-order valence-corrected chi connectivity index (χ1v) is 12.6. The highest BCUT2D eigenvalue weighted by Crippen LogP contribution is 2.32. The molecule has 0 aliphatic rings. The first-order chi connectivity index (χ1) is 17.4. The maximum Gasteiger partial charge on any atom is 0.386 e. The zero-order valence-corrected chi connectivity index (χ0v) is 22.0. The van der Waals surface area contributed by atoms with Crippen LogP contribution in [0.15, 0.2) is 76.9 Å². The zero-order chi connectivity index (χ0) is 27.6. The van der Waals surface area contributed by atoms with Crippen molar-refractivity contribution >= 4 is 46.7 Å². The fourth-order valence-electron chi connectivity index (χ4n) is 3.44. The Morgan fingerprint density at radius 3 is 2.22 bits per heavy atom. The maximum absolute atomic E-state index is 11.7. The molecule has 0 spiro atoms. The summed E-state index contributed by atoms with van der Waals surface area (Å²) in [5.41, 5.74) is 4.38. The molecule has 198 valence electrons. The molecule has 0 saturated carbocycles. The molecule has 1 unspecified atom stereocenters. The van der Waals surface area contributed by atoms with E-state index in [9.17, 15) is 22.2 Å². The number of rotatable bonds is 10. The Labute approximate surface area is 217 Å². The minimum absolute atomic E-state index is 0.188. The van der Waals surface area contributed by atoms with Crippen molar-refractivity contribution in [1.82, 2.24) is 4.98 Å². The van der Waals surface area contributed by atoms with E-state index in [-0.39, 0.29) is 6.92 Å². The van der Waals surface area contributed by atoms with Crippen molar-refractivity contribution in [3.8, 4) is 0 Å². The molecule has 0 N–H and O–H groups in total. The molecule has 0 radical (unpaired) electrons. The summed E-state index contributed by atoms with van der Waals surface area (Å²) in [4.78, 5) is 26.3. The van der Waals surface area contributed by atoms with Gasteiger partial charge in [0.15, 0.2) is 0 Å². The first kappa shape index (κ1) is 29.5. The molecule has 1 heterocycles. The lowest BCUT2D eigenvalue weighted by atomic mass is 10.2. The summed E-state index contributed by atoms with van der Waals surface area (Å²) < 4.78 is 42.8. The van der Waals surface area contributed by atoms with E-state index in [0.29, 0.717) is 13.2 Å². The van der Waals surface area contributed by atoms with Crippen molar-refractivity contribution in [2.75, 3.05) is 41.7 Å². The summed E-state index contributed by atoms with van der Waals surface area (Å²) in [6.45, 7) is 5.02. The second-order valence-electron chi connectivity index (χ2n) is 8.14. The van der Waals surface area contributed by atoms with Gasteiger partial charge in [0.1, 0.15) is 0 Å². The van der Waals surface area contributed by atoms with Crippen LogP contribution in [0.3, 0.4) is 0 Å². The molecule has 7 nitrogen and oxygen atoms in total. The highest BCUT2D eigenvalue weighted by molar-refractivity contribution is 7.84. The number of aromatic nitrogens is 1. The van der Waals surface area contributed by atoms with Crippen molar-refractivity contribution < 1.29 is 22.2 Å². The Morgan fingerprint density at radius 2 is 1.65 bits per heavy atom. The Kier molecular flexibility index (Phi) is 10.8. The van der Waals surface area contributed by atoms with Crippen molar-refractivity contribution in [2.45, 2.75) is 24.5 Å². The van der Waals surface area contributed by atoms with E-state index < -0.39 is 17.0 Å². The fraction of sp³-hybridized carbons (Fsp3) is 0.269. The molecule has 1 aromatic heterocycles. The van der Waals surface area contributed by atoms with Gasteiger partial charge >= 0.3 is 6.18 Å². The Bertz CT molecular complexity index is 1200. The molecule has 11 heteroatoms. The van der Waals surface area contributed by atoms with E-state index in [2.05, 4.69) is 21.6 Å². The van der Waals surface area contributed by atoms with E-state index in [0.717, 1.165) is 39.6 Å². The van der Waals surface area contributed by atoms with E-state index in [4.69, 9.17) is 0 Å². The molecule has 37 heavy (non-hydrogen) atoms. The number of aliphatic imine (C=N–C) groups is 1. The summed E-state index contributed by atoms with van der Waals surface area (Å²) in [7, 11) is 2.66. The topological polar surface area (TPSA) is 69.1 Å². The number of nitrogens with zero attached hydrogens (tertiary/aromatic N) is 5. The lowest BCUT2D eigenvalue weighted by Crippen LogP contribution is -2.36. The molecule has 3 aromatic rings. The molecule has 0 bridgehead atoms. The SMILES string of the molecule is C=Nc1ccccc1N(Cc1ccc(S(C)=O)cc1)CN(C)c1cnccc1N(C)C=O.CC(F)(F)F. The Morgan fingerprint density at radius 1 is 1.03 bits per heavy atom. The van der Waals surface area contributed by atoms with Crippen LogP contribution in [-0.2, 0) is 22.1 Å². The standard InChI is InChI=1S/C24H27N5O2S.C2H3F3/c1-25-21-7-5-6-8-22(21)29(16-19-9-11-20(12-10-19)32(4)31)17-27(2)24-15-26-14-13-23(24)28(3)18-30;1-2(3,4)5/h5-15,18H,1,16-17H2,2-4H3;1H3. The third kappa shape index (κ3) is 9.34. The van der Waals surface area contributed by atoms with Crippen molar-refractivity contribution in [2.24, 2.45) is 4.99 Å². The number of amides is 1. The van der Waals surface area contributed by atoms with Crippen LogP contribution in [0.4, 0.5) is 35.9 Å². The van der Waals surface area contributed by atoms with Crippen LogP contribution in [0, 0.1) is 0 Å². The van der Waals surface area contributed by atoms with Crippen LogP contribution in [0.5, 0.6) is 0 Å². The lowest BCUT2D eigenvalue weighted by molar-refractivity contribution is -0.110. The summed E-state index contributed by atoms with van der Waals surface area (Å²) >= 11 is 0. The number of alkyl halides is 3. The molecule has 0 aliphatic carbocycles. The second kappa shape index (κ2) is 13.5. The average molecular weight is 534 g/mol. The Balaban J connectivity index is 0.000000877. The summed E-state index contributed by atoms with van der Waals surface area (Å²) in [6, 6.07) is 17.4. The molecular formula is C26H30F3N5O2S. The molecule has 0 aliphatic heterocycles. The smallest absolute Gasteiger partial charge is 0.354 e. The van der Waals surface area contributed by atoms with E-state index in [1.54, 1.807) is 25.7 Å². The highest BCUT2D eigenvalue weighted by atomic mass is 32.2. The predicted molar refractivity (Wildman–Crippen MR) is 144 cm³/mol. The average Bonchev–Trinajstić information content (AvgIpc) is 2.87. The van der Waals surface area contributed by atoms with Gasteiger partial charge in [0.2, 0.25) is 6.41 Å². The number of hydrogen-bond donors (Lipinski definition) is 0. The number of benzene rings is 2. The quantitative estimate of drug-likeness (QED) is 0.198. The van der Waals surface area contributed by atoms with Crippen LogP contribution < -0.4 is 14.7 Å². The monoisotopic (exact) mass is 533 g/mol. The van der Waals surface area contributed by atoms with Gasteiger partial charge in [0, 0.05) is 55.7 Å². The third-order valence-corrected chi connectivity index (χ3v) is 6.07. The third-order valence-electron chi connectivity index (χ3n) is 5.13. The number of halogens is 3.